The van der Waals surface area contributed by atoms with Gasteiger partial charge in [-0.1, -0.05) is 72.3 Å². The lowest BCUT2D eigenvalue weighted by Crippen LogP contribution is -2.17. The molecule has 0 atom stereocenters. The number of carboxylic acids is 1. The molecule has 0 aliphatic heterocycles. The minimum Gasteiger partial charge on any atom is -0.493 e. The minimum atomic E-state index is -4.00. The van der Waals surface area contributed by atoms with Crippen molar-refractivity contribution in [1.29, 1.82) is 0 Å². The predicted octanol–water partition coefficient (Wildman–Crippen LogP) is 12.6. The van der Waals surface area contributed by atoms with Crippen molar-refractivity contribution in [2.24, 2.45) is 10.3 Å². The average Bonchev–Trinajstić information content (AvgIpc) is 0.804. The number of ether oxygens (including phenoxy) is 5. The summed E-state index contributed by atoms with van der Waals surface area (Å²) >= 11 is 6.01. The van der Waals surface area contributed by atoms with Crippen molar-refractivity contribution in [2.75, 3.05) is 23.1 Å². The topological polar surface area (TPSA) is 368 Å². The first-order chi connectivity index (χ1) is 46.8. The molecule has 0 aliphatic rings. The fourth-order valence-corrected chi connectivity index (χ4v) is 9.98. The maximum atomic E-state index is 14.1. The van der Waals surface area contributed by atoms with Gasteiger partial charge in [-0.15, -0.1) is 0 Å². The molecule has 0 aliphatic carbocycles. The van der Waals surface area contributed by atoms with Gasteiger partial charge in [0.25, 0.3) is 35.4 Å². The Morgan fingerprint density at radius 2 is 0.837 bits per heavy atom. The lowest BCUT2D eigenvalue weighted by Gasteiger charge is -2.14. The lowest BCUT2D eigenvalue weighted by atomic mass is 10.2. The zero-order chi connectivity index (χ0) is 69.8. The van der Waals surface area contributed by atoms with Crippen molar-refractivity contribution in [3.8, 4) is 46.4 Å². The van der Waals surface area contributed by atoms with Gasteiger partial charge in [0.05, 0.1) is 55.6 Å². The number of aromatic carboxylic acids is 1. The van der Waals surface area contributed by atoms with E-state index in [1.54, 1.807) is 91.0 Å². The average molecular weight is 1390 g/mol. The minimum absolute atomic E-state index is 0.0549. The first-order valence-electron chi connectivity index (χ1n) is 28.0. The summed E-state index contributed by atoms with van der Waals surface area (Å²) in [6.07, 6.45) is 0. The largest absolute Gasteiger partial charge is 0.493 e. The molecule has 0 unspecified atom stereocenters. The van der Waals surface area contributed by atoms with Crippen LogP contribution < -0.4 is 49.9 Å². The number of hydrogen-bond acceptors (Lipinski definition) is 19. The zero-order valence-corrected chi connectivity index (χ0v) is 52.4. The zero-order valence-electron chi connectivity index (χ0n) is 50.0. The molecule has 12 rings (SSSR count). The molecular formula is C66H46ClF4N11O14S2. The summed E-state index contributed by atoms with van der Waals surface area (Å²) in [5.41, 5.74) is 2.61. The van der Waals surface area contributed by atoms with E-state index in [1.165, 1.54) is 104 Å². The second-order valence-electron chi connectivity index (χ2n) is 20.0. The van der Waals surface area contributed by atoms with Gasteiger partial charge < -0.3 is 44.7 Å². The molecule has 8 N–H and O–H groups in total. The number of benzene rings is 9. The second-order valence-corrected chi connectivity index (χ2v) is 23.5. The molecule has 0 fully saturated rings. The third-order valence-electron chi connectivity index (χ3n) is 13.2. The van der Waals surface area contributed by atoms with Crippen LogP contribution in [0.2, 0.25) is 5.02 Å². The number of carbonyl (C=O) groups excluding carboxylic acids is 3. The van der Waals surface area contributed by atoms with Gasteiger partial charge in [0.2, 0.25) is 20.0 Å². The SMILES string of the molecule is COc1cc(Cl)ccc1Oc1nc2ccccc2nc1C(=O)Nc1cccc(S(N)(=O)=O)c1.NS(=O)(=O)c1cccc(NC(=O)c2nc3ccccc3nc2Oc2ccccc2OC(F)F)c1.O=C(O)c1ccc(NC(=O)c2nc3ccccc3nc2Oc2ccc(F)cc2F)cc1. The number of nitrogens with one attached hydrogen (secondary N) is 3. The summed E-state index contributed by atoms with van der Waals surface area (Å²) in [6, 6.07) is 49.8. The number of hydrogen-bond donors (Lipinski definition) is 6. The third-order valence-corrected chi connectivity index (χ3v) is 15.3. The first-order valence-corrected chi connectivity index (χ1v) is 31.5. The van der Waals surface area contributed by atoms with Crippen LogP contribution in [0.1, 0.15) is 41.8 Å². The fraction of sp³-hybridized carbons (Fsp3) is 0.0303. The highest BCUT2D eigenvalue weighted by Crippen LogP contribution is 2.37. The molecule has 0 radical (unpaired) electrons. The predicted molar refractivity (Wildman–Crippen MR) is 349 cm³/mol. The number of carbonyl (C=O) groups is 4. The molecule has 12 aromatic rings. The summed E-state index contributed by atoms with van der Waals surface area (Å²) in [6.45, 7) is -3.10. The van der Waals surface area contributed by atoms with Crippen LogP contribution in [-0.4, -0.2) is 89.3 Å². The quantitative estimate of drug-likeness (QED) is 0.0435. The van der Waals surface area contributed by atoms with E-state index in [4.69, 9.17) is 45.9 Å². The van der Waals surface area contributed by atoms with Gasteiger partial charge in [-0.2, -0.15) is 8.78 Å². The summed E-state index contributed by atoms with van der Waals surface area (Å²) < 4.78 is 126. The van der Waals surface area contributed by atoms with Crippen LogP contribution in [0.25, 0.3) is 33.1 Å². The number of halogens is 5. The van der Waals surface area contributed by atoms with E-state index < -0.39 is 62.0 Å². The highest BCUT2D eigenvalue weighted by Gasteiger charge is 2.25. The van der Waals surface area contributed by atoms with E-state index in [0.717, 1.165) is 12.1 Å². The number of aromatic nitrogens is 6. The van der Waals surface area contributed by atoms with Gasteiger partial charge in [0.1, 0.15) is 5.82 Å². The first kappa shape index (κ1) is 68.6. The molecular weight excluding hydrogens is 1350 g/mol. The summed E-state index contributed by atoms with van der Waals surface area (Å²) in [7, 11) is -6.49. The second kappa shape index (κ2) is 30.0. The van der Waals surface area contributed by atoms with Crippen molar-refractivity contribution in [1.82, 2.24) is 29.9 Å². The molecule has 32 heteroatoms. The lowest BCUT2D eigenvalue weighted by molar-refractivity contribution is -0.0510. The van der Waals surface area contributed by atoms with E-state index in [2.05, 4.69) is 50.6 Å². The van der Waals surface area contributed by atoms with Crippen molar-refractivity contribution in [2.45, 2.75) is 16.4 Å². The number of nitrogens with two attached hydrogens (primary N) is 2. The highest BCUT2D eigenvalue weighted by molar-refractivity contribution is 7.89. The number of carboxylic acid groups (broad SMARTS) is 1. The number of anilines is 3. The normalized spacial score (nSPS) is 11.1. The van der Waals surface area contributed by atoms with Crippen molar-refractivity contribution >= 4 is 106 Å². The van der Waals surface area contributed by atoms with E-state index in [9.17, 15) is 53.6 Å². The number of primary sulfonamides is 2. The number of para-hydroxylation sites is 8. The van der Waals surface area contributed by atoms with Gasteiger partial charge in [0.15, 0.2) is 51.6 Å². The van der Waals surface area contributed by atoms with Gasteiger partial charge in [-0.05, 0) is 133 Å². The maximum Gasteiger partial charge on any atom is 0.387 e. The van der Waals surface area contributed by atoms with Crippen molar-refractivity contribution in [3.63, 3.8) is 0 Å². The Hall–Kier alpha value is -12.3. The summed E-state index contributed by atoms with van der Waals surface area (Å²) in [5.74, 6) is -5.72. The summed E-state index contributed by atoms with van der Waals surface area (Å²) in [5, 5.41) is 27.4. The molecule has 0 saturated carbocycles. The number of nitrogens with zero attached hydrogens (tertiary/aromatic N) is 6. The standard InChI is InChI=1S/C22H17ClN4O5S.C22H16F2N4O5S.C22H13F2N3O4/c1-31-19-11-13(23)9-10-18(19)32-22-20(26-16-7-2-3-8-17(16)27-22)21(28)25-14-5-4-6-15(12-14)33(24,29)30;23-22(24)33-18-11-4-3-10-17(18)32-21-19(27-15-8-1-2-9-16(15)28-21)20(29)26-13-6-5-7-14(12-13)34(25,30)31;23-13-7-10-18(15(24)11-13)31-21-19(26-16-3-1-2-4-17(16)27-21)20(28)25-14-8-5-12(6-9-14)22(29)30/h2-12H,1H3,(H,25,28)(H2,24,29,30);1-12,22H,(H,26,29)(H2,25,30,31);1-11H,(H,25,28)(H,29,30). The van der Waals surface area contributed by atoms with Crippen molar-refractivity contribution < 1.29 is 82.4 Å². The van der Waals surface area contributed by atoms with Crippen LogP contribution in [-0.2, 0) is 20.0 Å². The van der Waals surface area contributed by atoms with E-state index in [1.807, 2.05) is 0 Å². The molecule has 3 aromatic heterocycles. The molecule has 0 saturated heterocycles. The number of methoxy groups -OCH3 is 1. The highest BCUT2D eigenvalue weighted by atomic mass is 35.5. The Balaban J connectivity index is 0.000000159. The van der Waals surface area contributed by atoms with Gasteiger partial charge in [0, 0.05) is 34.2 Å². The van der Waals surface area contributed by atoms with Gasteiger partial charge >= 0.3 is 12.6 Å². The molecule has 9 aromatic carbocycles. The molecule has 3 heterocycles. The van der Waals surface area contributed by atoms with E-state index in [0.29, 0.717) is 55.6 Å². The number of sulfonamides is 2. The molecule has 496 valence electrons. The Bertz CT molecular complexity index is 5310. The number of alkyl halides is 2. The Morgan fingerprint density at radius 3 is 1.24 bits per heavy atom. The van der Waals surface area contributed by atoms with Crippen LogP contribution >= 0.6 is 11.6 Å². The molecule has 0 spiro atoms. The maximum absolute atomic E-state index is 14.1. The monoisotopic (exact) mass is 1390 g/mol. The van der Waals surface area contributed by atoms with Crippen LogP contribution in [0.15, 0.2) is 216 Å². The number of amides is 3. The Morgan fingerprint density at radius 1 is 0.449 bits per heavy atom. The number of fused-ring (bicyclic) bond motifs is 3. The molecule has 0 bridgehead atoms. The third kappa shape index (κ3) is 17.3. The van der Waals surface area contributed by atoms with E-state index >= 15 is 0 Å². The van der Waals surface area contributed by atoms with Gasteiger partial charge in [-0.3, -0.25) is 14.4 Å². The molecule has 3 amide bonds. The van der Waals surface area contributed by atoms with Crippen molar-refractivity contribution in [3.05, 3.63) is 246 Å². The number of rotatable bonds is 18. The van der Waals surface area contributed by atoms with Crippen LogP contribution in [0.4, 0.5) is 34.6 Å². The summed E-state index contributed by atoms with van der Waals surface area (Å²) in [4.78, 5) is 75.6. The molecule has 98 heavy (non-hydrogen) atoms. The van der Waals surface area contributed by atoms with Crippen LogP contribution in [0.3, 0.4) is 0 Å². The fourth-order valence-electron chi connectivity index (χ4n) is 8.70. The van der Waals surface area contributed by atoms with Gasteiger partial charge in [-0.25, -0.2) is 70.6 Å². The van der Waals surface area contributed by atoms with E-state index in [-0.39, 0.29) is 84.4 Å². The smallest absolute Gasteiger partial charge is 0.387 e. The molecule has 25 nitrogen and oxygen atoms in total. The van der Waals surface area contributed by atoms with Crippen LogP contribution in [0.5, 0.6) is 46.4 Å². The Labute approximate surface area is 556 Å². The van der Waals surface area contributed by atoms with Crippen LogP contribution in [0, 0.1) is 11.6 Å². The Kier molecular flexibility index (Phi) is 21.0.